The Morgan fingerprint density at radius 3 is 2.86 bits per heavy atom. The van der Waals surface area contributed by atoms with Gasteiger partial charge in [-0.1, -0.05) is 42.0 Å². The molecule has 1 aliphatic heterocycles. The van der Waals surface area contributed by atoms with Crippen molar-refractivity contribution in [1.82, 2.24) is 5.32 Å². The lowest BCUT2D eigenvalue weighted by Crippen LogP contribution is -2.40. The molecule has 4 nitrogen and oxygen atoms in total. The van der Waals surface area contributed by atoms with E-state index >= 15 is 0 Å². The second-order valence-corrected chi connectivity index (χ2v) is 6.88. The summed E-state index contributed by atoms with van der Waals surface area (Å²) in [6.07, 6.45) is 0.900. The summed E-state index contributed by atoms with van der Waals surface area (Å²) in [5.74, 6) is 0.382. The number of hydrogen-bond acceptors (Lipinski definition) is 3. The molecule has 1 amide bonds. The van der Waals surface area contributed by atoms with Gasteiger partial charge in [-0.2, -0.15) is 0 Å². The minimum atomic E-state index is -0.443. The number of thiocarbonyl (C=S) groups is 1. The minimum absolute atomic E-state index is 0.0759. The van der Waals surface area contributed by atoms with E-state index < -0.39 is 5.92 Å². The van der Waals surface area contributed by atoms with Crippen molar-refractivity contribution in [2.75, 3.05) is 6.61 Å². The van der Waals surface area contributed by atoms with Crippen molar-refractivity contribution in [3.05, 3.63) is 27.7 Å². The van der Waals surface area contributed by atoms with Crippen LogP contribution in [0.25, 0.3) is 0 Å². The van der Waals surface area contributed by atoms with Crippen LogP contribution in [0.5, 0.6) is 5.75 Å². The molecule has 0 saturated carbocycles. The molecule has 0 spiro atoms. The summed E-state index contributed by atoms with van der Waals surface area (Å²) < 4.78 is 6.64. The first-order valence-corrected chi connectivity index (χ1v) is 8.11. The predicted molar refractivity (Wildman–Crippen MR) is 90.3 cm³/mol. The molecular formula is C15H19BrN2O2S. The first-order valence-electron chi connectivity index (χ1n) is 6.91. The van der Waals surface area contributed by atoms with E-state index in [9.17, 15) is 4.79 Å². The Labute approximate surface area is 138 Å². The lowest BCUT2D eigenvalue weighted by molar-refractivity contribution is -0.124. The Kier molecular flexibility index (Phi) is 5.22. The summed E-state index contributed by atoms with van der Waals surface area (Å²) in [5.41, 5.74) is 7.80. The minimum Gasteiger partial charge on any atom is -0.493 e. The fraction of sp³-hybridized carbons (Fsp3) is 0.467. The van der Waals surface area contributed by atoms with Gasteiger partial charge in [-0.05, 0) is 23.6 Å². The van der Waals surface area contributed by atoms with Gasteiger partial charge >= 0.3 is 0 Å². The van der Waals surface area contributed by atoms with E-state index in [4.69, 9.17) is 22.7 Å². The molecule has 0 saturated heterocycles. The highest BCUT2D eigenvalue weighted by Gasteiger charge is 2.25. The van der Waals surface area contributed by atoms with E-state index in [2.05, 4.69) is 27.3 Å². The van der Waals surface area contributed by atoms with Crippen molar-refractivity contribution in [2.24, 2.45) is 17.6 Å². The van der Waals surface area contributed by atoms with Crippen LogP contribution >= 0.6 is 28.1 Å². The van der Waals surface area contributed by atoms with Gasteiger partial charge in [-0.25, -0.2) is 0 Å². The number of fused-ring (bicyclic) bond motifs is 1. The van der Waals surface area contributed by atoms with Gasteiger partial charge in [0, 0.05) is 23.0 Å². The molecule has 1 aromatic rings. The summed E-state index contributed by atoms with van der Waals surface area (Å²) in [6.45, 7) is 4.97. The predicted octanol–water partition coefficient (Wildman–Crippen LogP) is 2.56. The van der Waals surface area contributed by atoms with Crippen molar-refractivity contribution in [2.45, 2.75) is 26.8 Å². The summed E-state index contributed by atoms with van der Waals surface area (Å²) in [5, 5.41) is 2.91. The molecule has 0 fully saturated rings. The number of rotatable bonds is 5. The standard InChI is InChI=1S/C15H19BrN2O2S/c1-8(2)12(14(17)21)15(19)18-7-10-6-11(16)5-9-3-4-20-13(9)10/h5-6,8,12H,3-4,7H2,1-2H3,(H2,17,21)(H,18,19). The molecule has 1 unspecified atom stereocenters. The van der Waals surface area contributed by atoms with Crippen LogP contribution in [0, 0.1) is 11.8 Å². The normalized spacial score (nSPS) is 14.5. The number of nitrogens with one attached hydrogen (secondary N) is 1. The van der Waals surface area contributed by atoms with E-state index in [1.54, 1.807) is 0 Å². The maximum absolute atomic E-state index is 12.3. The first kappa shape index (κ1) is 16.2. The molecule has 0 aromatic heterocycles. The molecule has 1 atom stereocenters. The number of carbonyl (C=O) groups is 1. The fourth-order valence-electron chi connectivity index (χ4n) is 2.53. The molecule has 3 N–H and O–H groups in total. The molecule has 2 rings (SSSR count). The third-order valence-corrected chi connectivity index (χ3v) is 4.25. The highest BCUT2D eigenvalue weighted by atomic mass is 79.9. The molecule has 0 radical (unpaired) electrons. The molecule has 114 valence electrons. The van der Waals surface area contributed by atoms with Gasteiger partial charge in [0.15, 0.2) is 0 Å². The number of benzene rings is 1. The zero-order valence-corrected chi connectivity index (χ0v) is 14.5. The summed E-state index contributed by atoms with van der Waals surface area (Å²) >= 11 is 8.47. The molecule has 6 heteroatoms. The summed E-state index contributed by atoms with van der Waals surface area (Å²) in [4.78, 5) is 12.5. The molecule has 1 aliphatic rings. The molecule has 21 heavy (non-hydrogen) atoms. The number of ether oxygens (including phenoxy) is 1. The van der Waals surface area contributed by atoms with Gasteiger partial charge in [0.05, 0.1) is 17.5 Å². The highest BCUT2D eigenvalue weighted by Crippen LogP contribution is 2.32. The number of carbonyl (C=O) groups excluding carboxylic acids is 1. The van der Waals surface area contributed by atoms with E-state index in [-0.39, 0.29) is 16.8 Å². The van der Waals surface area contributed by atoms with Gasteiger partial charge in [0.2, 0.25) is 5.91 Å². The van der Waals surface area contributed by atoms with Gasteiger partial charge in [-0.15, -0.1) is 0 Å². The van der Waals surface area contributed by atoms with Gasteiger partial charge in [0.1, 0.15) is 5.75 Å². The van der Waals surface area contributed by atoms with Crippen LogP contribution in [0.2, 0.25) is 0 Å². The van der Waals surface area contributed by atoms with Crippen molar-refractivity contribution in [3.63, 3.8) is 0 Å². The third kappa shape index (κ3) is 3.74. The molecule has 0 aliphatic carbocycles. The summed E-state index contributed by atoms with van der Waals surface area (Å²) in [7, 11) is 0. The van der Waals surface area contributed by atoms with E-state index in [1.807, 2.05) is 19.9 Å². The lowest BCUT2D eigenvalue weighted by atomic mass is 9.95. The largest absolute Gasteiger partial charge is 0.493 e. The van der Waals surface area contributed by atoms with Crippen molar-refractivity contribution >= 4 is 39.0 Å². The van der Waals surface area contributed by atoms with E-state index in [0.717, 1.165) is 22.2 Å². The lowest BCUT2D eigenvalue weighted by Gasteiger charge is -2.19. The maximum atomic E-state index is 12.3. The number of nitrogens with two attached hydrogens (primary N) is 1. The Bertz CT molecular complexity index is 575. The van der Waals surface area contributed by atoms with Gasteiger partial charge in [0.25, 0.3) is 0 Å². The monoisotopic (exact) mass is 370 g/mol. The van der Waals surface area contributed by atoms with Crippen molar-refractivity contribution in [3.8, 4) is 5.75 Å². The average Bonchev–Trinajstić information content (AvgIpc) is 2.82. The zero-order valence-electron chi connectivity index (χ0n) is 12.1. The van der Waals surface area contributed by atoms with Crippen molar-refractivity contribution in [1.29, 1.82) is 0 Å². The SMILES string of the molecule is CC(C)C(C(=O)NCc1cc(Br)cc2c1OCC2)C(N)=S. The molecule has 1 aromatic carbocycles. The Balaban J connectivity index is 2.10. The number of halogens is 1. The maximum Gasteiger partial charge on any atom is 0.230 e. The second kappa shape index (κ2) is 6.75. The van der Waals surface area contributed by atoms with Crippen LogP contribution in [-0.4, -0.2) is 17.5 Å². The second-order valence-electron chi connectivity index (χ2n) is 5.49. The topological polar surface area (TPSA) is 64.3 Å². The van der Waals surface area contributed by atoms with Crippen LogP contribution in [0.3, 0.4) is 0 Å². The quantitative estimate of drug-likeness (QED) is 0.781. The van der Waals surface area contributed by atoms with Crippen LogP contribution in [0.4, 0.5) is 0 Å². The highest BCUT2D eigenvalue weighted by molar-refractivity contribution is 9.10. The fourth-order valence-corrected chi connectivity index (χ4v) is 3.46. The van der Waals surface area contributed by atoms with Gasteiger partial charge < -0.3 is 15.8 Å². The van der Waals surface area contributed by atoms with Crippen molar-refractivity contribution < 1.29 is 9.53 Å². The van der Waals surface area contributed by atoms with E-state index in [0.29, 0.717) is 13.2 Å². The Hall–Kier alpha value is -1.14. The number of hydrogen-bond donors (Lipinski definition) is 2. The zero-order chi connectivity index (χ0) is 15.6. The van der Waals surface area contributed by atoms with E-state index in [1.165, 1.54) is 5.56 Å². The molecule has 1 heterocycles. The van der Waals surface area contributed by atoms with Gasteiger partial charge in [-0.3, -0.25) is 4.79 Å². The summed E-state index contributed by atoms with van der Waals surface area (Å²) in [6, 6.07) is 4.02. The molecular weight excluding hydrogens is 352 g/mol. The third-order valence-electron chi connectivity index (χ3n) is 3.53. The van der Waals surface area contributed by atoms with Crippen LogP contribution in [0.1, 0.15) is 25.0 Å². The Morgan fingerprint density at radius 1 is 1.52 bits per heavy atom. The number of amides is 1. The smallest absolute Gasteiger partial charge is 0.230 e. The van der Waals surface area contributed by atoms with Crippen LogP contribution < -0.4 is 15.8 Å². The Morgan fingerprint density at radius 2 is 2.24 bits per heavy atom. The average molecular weight is 371 g/mol. The molecule has 0 bridgehead atoms. The van der Waals surface area contributed by atoms with Crippen LogP contribution in [0.15, 0.2) is 16.6 Å². The first-order chi connectivity index (χ1) is 9.90. The van der Waals surface area contributed by atoms with Crippen LogP contribution in [-0.2, 0) is 17.8 Å².